The Morgan fingerprint density at radius 1 is 1.25 bits per heavy atom. The normalized spacial score (nSPS) is 16.0. The molecule has 3 rings (SSSR count). The molecule has 2 aromatic rings. The van der Waals surface area contributed by atoms with E-state index in [1.807, 2.05) is 37.4 Å². The number of nitrogens with one attached hydrogen (secondary N) is 1. The Bertz CT molecular complexity index is 748. The van der Waals surface area contributed by atoms with E-state index in [0.29, 0.717) is 0 Å². The summed E-state index contributed by atoms with van der Waals surface area (Å²) >= 11 is 1.65. The molecule has 1 amide bonds. The van der Waals surface area contributed by atoms with E-state index in [4.69, 9.17) is 5.73 Å². The van der Waals surface area contributed by atoms with E-state index >= 15 is 0 Å². The van der Waals surface area contributed by atoms with E-state index in [-0.39, 0.29) is 24.4 Å². The lowest BCUT2D eigenvalue weighted by Gasteiger charge is -2.27. The largest absolute Gasteiger partial charge is 0.399 e. The van der Waals surface area contributed by atoms with Crippen LogP contribution in [0.3, 0.4) is 0 Å². The van der Waals surface area contributed by atoms with Crippen LogP contribution in [0, 0.1) is 6.92 Å². The number of hydrogen-bond acceptors (Lipinski definition) is 3. The van der Waals surface area contributed by atoms with Gasteiger partial charge in [0, 0.05) is 16.1 Å². The summed E-state index contributed by atoms with van der Waals surface area (Å²) in [4.78, 5) is 13.8. The molecular weight excluding hydrogens is 340 g/mol. The molecule has 2 aromatic carbocycles. The van der Waals surface area contributed by atoms with Crippen molar-refractivity contribution >= 4 is 35.8 Å². The number of carbonyl (C=O) groups is 1. The number of hydrogen-bond donors (Lipinski definition) is 2. The highest BCUT2D eigenvalue weighted by molar-refractivity contribution is 7.98. The third-order valence-corrected chi connectivity index (χ3v) is 5.20. The van der Waals surface area contributed by atoms with Crippen molar-refractivity contribution in [3.8, 4) is 0 Å². The van der Waals surface area contributed by atoms with Crippen molar-refractivity contribution in [1.29, 1.82) is 0 Å². The molecule has 24 heavy (non-hydrogen) atoms. The number of nitrogen functional groups attached to an aromatic ring is 1. The molecule has 0 heterocycles. The standard InChI is InChI=1S/C19H22N2OS.ClH/c1-12-6-8-15(23-2)11-17(12)19(22)21-18-5-3-4-13-10-14(20)7-9-16(13)18;/h6-11,18H,3-5,20H2,1-2H3,(H,21,22);1H. The van der Waals surface area contributed by atoms with Crippen molar-refractivity contribution < 1.29 is 4.79 Å². The molecule has 0 bridgehead atoms. The zero-order valence-electron chi connectivity index (χ0n) is 14.0. The van der Waals surface area contributed by atoms with E-state index in [9.17, 15) is 4.79 Å². The lowest BCUT2D eigenvalue weighted by Crippen LogP contribution is -2.31. The first-order chi connectivity index (χ1) is 11.1. The minimum absolute atomic E-state index is 0. The number of amides is 1. The van der Waals surface area contributed by atoms with Crippen LogP contribution >= 0.6 is 24.2 Å². The van der Waals surface area contributed by atoms with Gasteiger partial charge in [-0.25, -0.2) is 0 Å². The predicted molar refractivity (Wildman–Crippen MR) is 104 cm³/mol. The number of rotatable bonds is 3. The number of halogens is 1. The van der Waals surface area contributed by atoms with Gasteiger partial charge in [-0.15, -0.1) is 24.2 Å². The summed E-state index contributed by atoms with van der Waals surface area (Å²) in [7, 11) is 0. The molecule has 5 heteroatoms. The number of benzene rings is 2. The van der Waals surface area contributed by atoms with E-state index in [1.54, 1.807) is 11.8 Å². The molecule has 1 aliphatic rings. The van der Waals surface area contributed by atoms with Crippen molar-refractivity contribution in [2.75, 3.05) is 12.0 Å². The minimum Gasteiger partial charge on any atom is -0.399 e. The summed E-state index contributed by atoms with van der Waals surface area (Å²) in [5.41, 5.74) is 10.9. The van der Waals surface area contributed by atoms with E-state index < -0.39 is 0 Å². The maximum atomic E-state index is 12.7. The topological polar surface area (TPSA) is 55.1 Å². The summed E-state index contributed by atoms with van der Waals surface area (Å²) in [6.45, 7) is 1.98. The van der Waals surface area contributed by atoms with E-state index in [2.05, 4.69) is 17.4 Å². The quantitative estimate of drug-likeness (QED) is 0.623. The third-order valence-electron chi connectivity index (χ3n) is 4.48. The van der Waals surface area contributed by atoms with Crippen LogP contribution in [0.15, 0.2) is 41.3 Å². The Morgan fingerprint density at radius 3 is 2.79 bits per heavy atom. The summed E-state index contributed by atoms with van der Waals surface area (Å²) < 4.78 is 0. The lowest BCUT2D eigenvalue weighted by atomic mass is 9.87. The molecule has 128 valence electrons. The minimum atomic E-state index is 0. The van der Waals surface area contributed by atoms with Crippen LogP contribution in [-0.4, -0.2) is 12.2 Å². The second kappa shape index (κ2) is 7.95. The molecule has 0 aromatic heterocycles. The number of carbonyl (C=O) groups excluding carboxylic acids is 1. The molecule has 0 aliphatic heterocycles. The predicted octanol–water partition coefficient (Wildman–Crippen LogP) is 4.53. The van der Waals surface area contributed by atoms with Gasteiger partial charge in [0.15, 0.2) is 0 Å². The first-order valence-corrected chi connectivity index (χ1v) is 9.15. The van der Waals surface area contributed by atoms with Crippen LogP contribution in [0.5, 0.6) is 0 Å². The Balaban J connectivity index is 0.00000208. The van der Waals surface area contributed by atoms with Gasteiger partial charge in [0.1, 0.15) is 0 Å². The van der Waals surface area contributed by atoms with Crippen molar-refractivity contribution in [1.82, 2.24) is 5.32 Å². The van der Waals surface area contributed by atoms with Gasteiger partial charge >= 0.3 is 0 Å². The summed E-state index contributed by atoms with van der Waals surface area (Å²) in [5, 5.41) is 3.21. The summed E-state index contributed by atoms with van der Waals surface area (Å²) in [6.07, 6.45) is 5.11. The zero-order valence-corrected chi connectivity index (χ0v) is 15.6. The second-order valence-corrected chi connectivity index (χ2v) is 6.94. The number of anilines is 1. The molecule has 1 atom stereocenters. The van der Waals surface area contributed by atoms with E-state index in [1.165, 1.54) is 11.1 Å². The summed E-state index contributed by atoms with van der Waals surface area (Å²) in [6, 6.07) is 12.1. The zero-order chi connectivity index (χ0) is 16.4. The van der Waals surface area contributed by atoms with E-state index in [0.717, 1.165) is 41.0 Å². The first kappa shape index (κ1) is 18.7. The molecule has 0 saturated heterocycles. The molecule has 0 radical (unpaired) electrons. The molecule has 3 N–H and O–H groups in total. The smallest absolute Gasteiger partial charge is 0.252 e. The van der Waals surface area contributed by atoms with Gasteiger partial charge in [-0.2, -0.15) is 0 Å². The van der Waals surface area contributed by atoms with Crippen LogP contribution in [0.4, 0.5) is 5.69 Å². The highest BCUT2D eigenvalue weighted by atomic mass is 35.5. The average molecular weight is 363 g/mol. The van der Waals surface area contributed by atoms with Gasteiger partial charge in [0.05, 0.1) is 6.04 Å². The Kier molecular flexibility index (Phi) is 6.19. The van der Waals surface area contributed by atoms with Gasteiger partial charge in [-0.1, -0.05) is 12.1 Å². The van der Waals surface area contributed by atoms with Gasteiger partial charge in [0.2, 0.25) is 0 Å². The number of aryl methyl sites for hydroxylation is 2. The van der Waals surface area contributed by atoms with Crippen LogP contribution in [0.2, 0.25) is 0 Å². The van der Waals surface area contributed by atoms with Crippen LogP contribution in [-0.2, 0) is 6.42 Å². The van der Waals surface area contributed by atoms with Crippen LogP contribution in [0.1, 0.15) is 45.9 Å². The fraction of sp³-hybridized carbons (Fsp3) is 0.316. The number of fused-ring (bicyclic) bond motifs is 1. The van der Waals surface area contributed by atoms with Gasteiger partial charge < -0.3 is 11.1 Å². The number of thioether (sulfide) groups is 1. The molecule has 3 nitrogen and oxygen atoms in total. The highest BCUT2D eigenvalue weighted by Gasteiger charge is 2.23. The average Bonchev–Trinajstić information content (AvgIpc) is 2.55. The van der Waals surface area contributed by atoms with Crippen molar-refractivity contribution in [3.63, 3.8) is 0 Å². The molecular formula is C19H23ClN2OS. The Morgan fingerprint density at radius 2 is 2.04 bits per heavy atom. The fourth-order valence-electron chi connectivity index (χ4n) is 3.19. The second-order valence-electron chi connectivity index (χ2n) is 6.06. The van der Waals surface area contributed by atoms with Gasteiger partial charge in [-0.05, 0) is 73.4 Å². The van der Waals surface area contributed by atoms with Gasteiger partial charge in [-0.3, -0.25) is 4.79 Å². The van der Waals surface area contributed by atoms with Crippen molar-refractivity contribution in [2.24, 2.45) is 0 Å². The summed E-state index contributed by atoms with van der Waals surface area (Å²) in [5.74, 6) is 0.00748. The van der Waals surface area contributed by atoms with Crippen LogP contribution < -0.4 is 11.1 Å². The van der Waals surface area contributed by atoms with Crippen molar-refractivity contribution in [3.05, 3.63) is 58.7 Å². The number of nitrogens with two attached hydrogens (primary N) is 1. The van der Waals surface area contributed by atoms with Gasteiger partial charge in [0.25, 0.3) is 5.91 Å². The Hall–Kier alpha value is -1.65. The van der Waals surface area contributed by atoms with Crippen molar-refractivity contribution in [2.45, 2.75) is 37.1 Å². The molecule has 0 saturated carbocycles. The maximum Gasteiger partial charge on any atom is 0.252 e. The first-order valence-electron chi connectivity index (χ1n) is 7.92. The third kappa shape index (κ3) is 3.87. The SMILES string of the molecule is CSc1ccc(C)c(C(=O)NC2CCCc3cc(N)ccc32)c1.Cl. The molecule has 0 fully saturated rings. The molecule has 0 spiro atoms. The molecule has 1 aliphatic carbocycles. The maximum absolute atomic E-state index is 12.7. The monoisotopic (exact) mass is 362 g/mol. The lowest BCUT2D eigenvalue weighted by molar-refractivity contribution is 0.0932. The van der Waals surface area contributed by atoms with Crippen LogP contribution in [0.25, 0.3) is 0 Å². The Labute approximate surface area is 153 Å². The fourth-order valence-corrected chi connectivity index (χ4v) is 3.63. The molecule has 1 unspecified atom stereocenters. The highest BCUT2D eigenvalue weighted by Crippen LogP contribution is 2.31.